The van der Waals surface area contributed by atoms with E-state index in [0.717, 1.165) is 11.1 Å². The highest BCUT2D eigenvalue weighted by molar-refractivity contribution is 5.92. The Bertz CT molecular complexity index is 774. The van der Waals surface area contributed by atoms with Crippen LogP contribution in [0.15, 0.2) is 96.8 Å². The third-order valence-electron chi connectivity index (χ3n) is 4.55. The van der Waals surface area contributed by atoms with Crippen molar-refractivity contribution >= 4 is 5.97 Å². The SMILES string of the molecule is O=C1OC2=CC=CC=CC2C1(c1ccccc1)c1ccccc1. The molecule has 0 aromatic heterocycles. The fraction of sp³-hybridized carbons (Fsp3) is 0.0952. The van der Waals surface area contributed by atoms with Gasteiger partial charge in [0.1, 0.15) is 11.2 Å². The number of rotatable bonds is 2. The molecule has 0 bridgehead atoms. The molecule has 0 amide bonds. The van der Waals surface area contributed by atoms with Gasteiger partial charge in [-0.25, -0.2) is 0 Å². The predicted molar refractivity (Wildman–Crippen MR) is 89.6 cm³/mol. The van der Waals surface area contributed by atoms with Crippen LogP contribution in [0.4, 0.5) is 0 Å². The Morgan fingerprint density at radius 3 is 2.00 bits per heavy atom. The van der Waals surface area contributed by atoms with E-state index in [4.69, 9.17) is 4.74 Å². The summed E-state index contributed by atoms with van der Waals surface area (Å²) in [6.07, 6.45) is 9.79. The first-order valence-corrected chi connectivity index (χ1v) is 7.72. The number of hydrogen-bond donors (Lipinski definition) is 0. The molecule has 1 atom stereocenters. The predicted octanol–water partition coefficient (Wildman–Crippen LogP) is 4.16. The molecule has 1 fully saturated rings. The molecule has 4 rings (SSSR count). The molecule has 2 aromatic rings. The van der Waals surface area contributed by atoms with E-state index in [2.05, 4.69) is 6.08 Å². The summed E-state index contributed by atoms with van der Waals surface area (Å²) in [5.74, 6) is 0.341. The number of allylic oxidation sites excluding steroid dienone is 5. The standard InChI is InChI=1S/C21H16O2/c22-20-21(16-10-4-1-5-11-16,17-12-6-2-7-13-17)18-14-8-3-9-15-19(18)23-20/h1-15,18H. The second kappa shape index (κ2) is 5.40. The molecule has 23 heavy (non-hydrogen) atoms. The van der Waals surface area contributed by atoms with Crippen molar-refractivity contribution in [3.63, 3.8) is 0 Å². The van der Waals surface area contributed by atoms with Gasteiger partial charge in [0.15, 0.2) is 0 Å². The fourth-order valence-electron chi connectivity index (χ4n) is 3.52. The van der Waals surface area contributed by atoms with Crippen molar-refractivity contribution in [2.24, 2.45) is 5.92 Å². The molecule has 0 N–H and O–H groups in total. The Hall–Kier alpha value is -2.87. The molecule has 1 aliphatic carbocycles. The van der Waals surface area contributed by atoms with Gasteiger partial charge in [-0.2, -0.15) is 0 Å². The zero-order valence-electron chi connectivity index (χ0n) is 12.6. The minimum atomic E-state index is -0.836. The Kier molecular flexibility index (Phi) is 3.23. The first kappa shape index (κ1) is 13.8. The second-order valence-corrected chi connectivity index (χ2v) is 5.75. The minimum absolute atomic E-state index is 0.144. The number of carbonyl (C=O) groups is 1. The highest BCUT2D eigenvalue weighted by Crippen LogP contribution is 2.50. The fourth-order valence-corrected chi connectivity index (χ4v) is 3.52. The molecule has 1 heterocycles. The van der Waals surface area contributed by atoms with Gasteiger partial charge in [0.2, 0.25) is 0 Å². The van der Waals surface area contributed by atoms with E-state index in [1.807, 2.05) is 85.0 Å². The van der Waals surface area contributed by atoms with Crippen LogP contribution in [0.5, 0.6) is 0 Å². The van der Waals surface area contributed by atoms with E-state index in [1.165, 1.54) is 0 Å². The van der Waals surface area contributed by atoms with Crippen molar-refractivity contribution in [1.82, 2.24) is 0 Å². The summed E-state index contributed by atoms with van der Waals surface area (Å²) in [6.45, 7) is 0. The van der Waals surface area contributed by atoms with Gasteiger partial charge < -0.3 is 4.74 Å². The number of fused-ring (bicyclic) bond motifs is 1. The van der Waals surface area contributed by atoms with E-state index < -0.39 is 5.41 Å². The quantitative estimate of drug-likeness (QED) is 0.779. The molecular weight excluding hydrogens is 284 g/mol. The highest BCUT2D eigenvalue weighted by Gasteiger charge is 2.56. The molecule has 1 aliphatic heterocycles. The van der Waals surface area contributed by atoms with Crippen LogP contribution in [0, 0.1) is 5.92 Å². The number of esters is 1. The van der Waals surface area contributed by atoms with Crippen molar-refractivity contribution in [2.45, 2.75) is 5.41 Å². The molecule has 2 aliphatic rings. The smallest absolute Gasteiger partial charge is 0.327 e. The molecule has 1 saturated heterocycles. The van der Waals surface area contributed by atoms with E-state index in [0.29, 0.717) is 5.76 Å². The van der Waals surface area contributed by atoms with Crippen LogP contribution >= 0.6 is 0 Å². The van der Waals surface area contributed by atoms with Crippen LogP contribution < -0.4 is 0 Å². The lowest BCUT2D eigenvalue weighted by molar-refractivity contribution is -0.139. The van der Waals surface area contributed by atoms with Crippen molar-refractivity contribution in [3.05, 3.63) is 108 Å². The second-order valence-electron chi connectivity index (χ2n) is 5.75. The maximum atomic E-state index is 13.1. The third-order valence-corrected chi connectivity index (χ3v) is 4.55. The average molecular weight is 300 g/mol. The molecule has 0 radical (unpaired) electrons. The lowest BCUT2D eigenvalue weighted by Gasteiger charge is -2.30. The van der Waals surface area contributed by atoms with Crippen LogP contribution in [0.1, 0.15) is 11.1 Å². The maximum Gasteiger partial charge on any atom is 0.327 e. The first-order valence-electron chi connectivity index (χ1n) is 7.72. The van der Waals surface area contributed by atoms with E-state index in [-0.39, 0.29) is 11.9 Å². The summed E-state index contributed by atoms with van der Waals surface area (Å²) in [7, 11) is 0. The Balaban J connectivity index is 2.02. The van der Waals surface area contributed by atoms with Gasteiger partial charge >= 0.3 is 5.97 Å². The molecule has 2 heteroatoms. The molecule has 0 saturated carbocycles. The van der Waals surface area contributed by atoms with Crippen molar-refractivity contribution in [2.75, 3.05) is 0 Å². The summed E-state index contributed by atoms with van der Waals surface area (Å²) >= 11 is 0. The summed E-state index contributed by atoms with van der Waals surface area (Å²) < 4.78 is 5.69. The van der Waals surface area contributed by atoms with Crippen LogP contribution in [-0.2, 0) is 14.9 Å². The molecule has 2 aromatic carbocycles. The van der Waals surface area contributed by atoms with Gasteiger partial charge in [-0.3, -0.25) is 4.79 Å². The van der Waals surface area contributed by atoms with Gasteiger partial charge in [-0.05, 0) is 17.2 Å². The summed E-state index contributed by atoms with van der Waals surface area (Å²) in [6, 6.07) is 19.8. The van der Waals surface area contributed by atoms with Crippen molar-refractivity contribution < 1.29 is 9.53 Å². The van der Waals surface area contributed by atoms with Gasteiger partial charge in [0, 0.05) is 0 Å². The zero-order valence-corrected chi connectivity index (χ0v) is 12.6. The van der Waals surface area contributed by atoms with E-state index >= 15 is 0 Å². The molecule has 0 spiro atoms. The lowest BCUT2D eigenvalue weighted by Crippen LogP contribution is -2.38. The summed E-state index contributed by atoms with van der Waals surface area (Å²) in [5, 5.41) is 0. The zero-order chi connectivity index (χ0) is 15.7. The van der Waals surface area contributed by atoms with Crippen molar-refractivity contribution in [1.29, 1.82) is 0 Å². The van der Waals surface area contributed by atoms with Crippen LogP contribution in [-0.4, -0.2) is 5.97 Å². The Labute approximate surface area is 135 Å². The molecule has 112 valence electrons. The largest absolute Gasteiger partial charge is 0.429 e. The topological polar surface area (TPSA) is 26.3 Å². The van der Waals surface area contributed by atoms with Crippen molar-refractivity contribution in [3.8, 4) is 0 Å². The maximum absolute atomic E-state index is 13.1. The number of benzene rings is 2. The molecule has 2 nitrogen and oxygen atoms in total. The molecular formula is C21H16O2. The average Bonchev–Trinajstić information content (AvgIpc) is 2.74. The Morgan fingerprint density at radius 2 is 1.39 bits per heavy atom. The van der Waals surface area contributed by atoms with Crippen LogP contribution in [0.3, 0.4) is 0 Å². The Morgan fingerprint density at radius 1 is 0.783 bits per heavy atom. The van der Waals surface area contributed by atoms with Crippen LogP contribution in [0.25, 0.3) is 0 Å². The number of hydrogen-bond acceptors (Lipinski definition) is 2. The molecule has 1 unspecified atom stereocenters. The van der Waals surface area contributed by atoms with Gasteiger partial charge in [-0.15, -0.1) is 0 Å². The number of ether oxygens (including phenoxy) is 1. The first-order chi connectivity index (χ1) is 11.3. The van der Waals surface area contributed by atoms with Gasteiger partial charge in [0.25, 0.3) is 0 Å². The van der Waals surface area contributed by atoms with E-state index in [9.17, 15) is 4.79 Å². The number of carbonyl (C=O) groups excluding carboxylic acids is 1. The minimum Gasteiger partial charge on any atom is -0.429 e. The highest BCUT2D eigenvalue weighted by atomic mass is 16.5. The lowest BCUT2D eigenvalue weighted by atomic mass is 9.66. The van der Waals surface area contributed by atoms with Gasteiger partial charge in [-0.1, -0.05) is 85.0 Å². The summed E-state index contributed by atoms with van der Waals surface area (Å²) in [4.78, 5) is 13.1. The summed E-state index contributed by atoms with van der Waals surface area (Å²) in [5.41, 5.74) is 1.07. The normalized spacial score (nSPS) is 21.3. The van der Waals surface area contributed by atoms with Crippen LogP contribution in [0.2, 0.25) is 0 Å². The van der Waals surface area contributed by atoms with E-state index in [1.54, 1.807) is 0 Å². The van der Waals surface area contributed by atoms with Gasteiger partial charge in [0.05, 0.1) is 5.92 Å². The third kappa shape index (κ3) is 1.99. The monoisotopic (exact) mass is 300 g/mol.